The number of carbonyl (C=O) groups excluding carboxylic acids is 2. The molecule has 3 atom stereocenters. The summed E-state index contributed by atoms with van der Waals surface area (Å²) in [5.74, 6) is -0.265. The van der Waals surface area contributed by atoms with Gasteiger partial charge in [0, 0.05) is 19.5 Å². The highest BCUT2D eigenvalue weighted by Crippen LogP contribution is 2.33. The van der Waals surface area contributed by atoms with Crippen LogP contribution in [0.4, 0.5) is 0 Å². The smallest absolute Gasteiger partial charge is 0.243 e. The lowest BCUT2D eigenvalue weighted by Crippen LogP contribution is -2.51. The van der Waals surface area contributed by atoms with Gasteiger partial charge >= 0.3 is 0 Å². The number of carbonyl (C=O) groups is 2. The van der Waals surface area contributed by atoms with E-state index in [0.717, 1.165) is 34.5 Å². The second kappa shape index (κ2) is 9.43. The number of β-amino-alcohol motifs (C(OH)–C–C–N with tert-alkyl or cyclic N) is 1. The van der Waals surface area contributed by atoms with Crippen LogP contribution >= 0.6 is 23.7 Å². The molecule has 4 rings (SSSR count). The number of hydrogen-bond acceptors (Lipinski definition) is 6. The molecule has 162 valence electrons. The number of aryl methyl sites for hydroxylation is 1. The van der Waals surface area contributed by atoms with Crippen molar-refractivity contribution in [3.63, 3.8) is 0 Å². The molecule has 7 nitrogen and oxygen atoms in total. The van der Waals surface area contributed by atoms with Crippen LogP contribution < -0.4 is 11.1 Å². The maximum absolute atomic E-state index is 12.7. The van der Waals surface area contributed by atoms with Crippen LogP contribution in [0.5, 0.6) is 0 Å². The van der Waals surface area contributed by atoms with Crippen molar-refractivity contribution in [3.05, 3.63) is 41.0 Å². The Labute approximate surface area is 186 Å². The lowest BCUT2D eigenvalue weighted by atomic mass is 10.1. The predicted octanol–water partition coefficient (Wildman–Crippen LogP) is 1.86. The van der Waals surface area contributed by atoms with Gasteiger partial charge in [0.05, 0.1) is 28.2 Å². The molecule has 1 aromatic carbocycles. The van der Waals surface area contributed by atoms with Gasteiger partial charge < -0.3 is 21.1 Å². The van der Waals surface area contributed by atoms with Gasteiger partial charge in [0.15, 0.2) is 0 Å². The number of nitrogens with one attached hydrogen (secondary N) is 1. The molecule has 2 fully saturated rings. The largest absolute Gasteiger partial charge is 0.391 e. The molecule has 2 aromatic rings. The summed E-state index contributed by atoms with van der Waals surface area (Å²) in [4.78, 5) is 32.2. The molecule has 2 aliphatic rings. The summed E-state index contributed by atoms with van der Waals surface area (Å²) in [7, 11) is 0. The highest BCUT2D eigenvalue weighted by molar-refractivity contribution is 7.13. The highest BCUT2D eigenvalue weighted by atomic mass is 35.5. The zero-order valence-electron chi connectivity index (χ0n) is 16.8. The van der Waals surface area contributed by atoms with Crippen LogP contribution in [0, 0.1) is 12.8 Å². The Kier molecular flexibility index (Phi) is 7.13. The van der Waals surface area contributed by atoms with Gasteiger partial charge in [-0.05, 0) is 36.8 Å². The molecule has 1 aromatic heterocycles. The van der Waals surface area contributed by atoms with Crippen molar-refractivity contribution in [1.29, 1.82) is 0 Å². The Morgan fingerprint density at radius 1 is 1.33 bits per heavy atom. The molecule has 2 heterocycles. The number of aromatic nitrogens is 1. The van der Waals surface area contributed by atoms with Crippen molar-refractivity contribution in [1.82, 2.24) is 15.2 Å². The normalized spacial score (nSPS) is 21.8. The Morgan fingerprint density at radius 2 is 2.03 bits per heavy atom. The summed E-state index contributed by atoms with van der Waals surface area (Å²) in [5.41, 5.74) is 10.9. The first-order chi connectivity index (χ1) is 13.9. The molecule has 0 radical (unpaired) electrons. The number of nitrogens with two attached hydrogens (primary N) is 1. The molecule has 0 spiro atoms. The number of benzene rings is 1. The van der Waals surface area contributed by atoms with Crippen LogP contribution in [0.25, 0.3) is 10.4 Å². The molecule has 0 bridgehead atoms. The summed E-state index contributed by atoms with van der Waals surface area (Å²) in [6.45, 7) is 2.52. The number of aliphatic hydroxyl groups is 1. The Balaban J connectivity index is 0.00000256. The molecule has 9 heteroatoms. The second-order valence-electron chi connectivity index (χ2n) is 7.94. The first-order valence-electron chi connectivity index (χ1n) is 9.95. The number of rotatable bonds is 6. The van der Waals surface area contributed by atoms with Crippen molar-refractivity contribution in [2.75, 3.05) is 6.54 Å². The molecule has 1 aliphatic heterocycles. The number of halogens is 1. The van der Waals surface area contributed by atoms with Gasteiger partial charge in [-0.2, -0.15) is 0 Å². The van der Waals surface area contributed by atoms with E-state index >= 15 is 0 Å². The summed E-state index contributed by atoms with van der Waals surface area (Å²) >= 11 is 1.60. The highest BCUT2D eigenvalue weighted by Gasteiger charge is 2.43. The van der Waals surface area contributed by atoms with E-state index in [1.807, 2.05) is 36.7 Å². The van der Waals surface area contributed by atoms with Crippen molar-refractivity contribution in [2.45, 2.75) is 50.9 Å². The van der Waals surface area contributed by atoms with E-state index in [9.17, 15) is 14.7 Å². The monoisotopic (exact) mass is 450 g/mol. The van der Waals surface area contributed by atoms with Crippen molar-refractivity contribution in [2.24, 2.45) is 11.7 Å². The van der Waals surface area contributed by atoms with Gasteiger partial charge in [0.2, 0.25) is 11.8 Å². The Hall–Kier alpha value is -2.00. The molecule has 1 saturated heterocycles. The van der Waals surface area contributed by atoms with E-state index < -0.39 is 18.2 Å². The fourth-order valence-corrected chi connectivity index (χ4v) is 4.63. The minimum Gasteiger partial charge on any atom is -0.391 e. The van der Waals surface area contributed by atoms with E-state index in [2.05, 4.69) is 10.3 Å². The lowest BCUT2D eigenvalue weighted by molar-refractivity contribution is -0.139. The fourth-order valence-electron chi connectivity index (χ4n) is 3.81. The van der Waals surface area contributed by atoms with Crippen LogP contribution in [0.3, 0.4) is 0 Å². The quantitative estimate of drug-likeness (QED) is 0.622. The van der Waals surface area contributed by atoms with Gasteiger partial charge in [-0.15, -0.1) is 23.7 Å². The molecule has 4 N–H and O–H groups in total. The SMILES string of the molecule is Cc1ncsc1-c1ccc(CNC(=O)C2CC(O)CN2C(=O)C(N)C2CC2)cc1.Cl. The summed E-state index contributed by atoms with van der Waals surface area (Å²) in [5, 5.41) is 12.9. The zero-order chi connectivity index (χ0) is 20.5. The first-order valence-corrected chi connectivity index (χ1v) is 10.8. The van der Waals surface area contributed by atoms with Gasteiger partial charge in [-0.3, -0.25) is 9.59 Å². The van der Waals surface area contributed by atoms with Crippen LogP contribution in [0.15, 0.2) is 29.8 Å². The van der Waals surface area contributed by atoms with Crippen LogP contribution in [0.2, 0.25) is 0 Å². The van der Waals surface area contributed by atoms with Gasteiger partial charge in [-0.25, -0.2) is 4.98 Å². The Bertz CT molecular complexity index is 900. The van der Waals surface area contributed by atoms with Crippen LogP contribution in [0.1, 0.15) is 30.5 Å². The van der Waals surface area contributed by atoms with E-state index in [4.69, 9.17) is 5.73 Å². The van der Waals surface area contributed by atoms with Crippen molar-refractivity contribution >= 4 is 35.6 Å². The molecule has 30 heavy (non-hydrogen) atoms. The number of thiazole rings is 1. The number of nitrogens with zero attached hydrogens (tertiary/aromatic N) is 2. The second-order valence-corrected chi connectivity index (χ2v) is 8.80. The fraction of sp³-hybridized carbons (Fsp3) is 0.476. The maximum Gasteiger partial charge on any atom is 0.243 e. The van der Waals surface area contributed by atoms with Gasteiger partial charge in [0.25, 0.3) is 0 Å². The predicted molar refractivity (Wildman–Crippen MR) is 118 cm³/mol. The number of aliphatic hydroxyl groups excluding tert-OH is 1. The van der Waals surface area contributed by atoms with Crippen molar-refractivity contribution in [3.8, 4) is 10.4 Å². The molecule has 1 aliphatic carbocycles. The number of amides is 2. The average molecular weight is 451 g/mol. The molecule has 3 unspecified atom stereocenters. The molecular formula is C21H27ClN4O3S. The van der Waals surface area contributed by atoms with E-state index in [1.54, 1.807) is 11.3 Å². The zero-order valence-corrected chi connectivity index (χ0v) is 18.4. The molecule has 1 saturated carbocycles. The number of hydrogen-bond donors (Lipinski definition) is 3. The third-order valence-corrected chi connectivity index (χ3v) is 6.69. The van der Waals surface area contributed by atoms with Crippen LogP contribution in [-0.4, -0.2) is 51.5 Å². The minimum atomic E-state index is -0.692. The Morgan fingerprint density at radius 3 is 2.63 bits per heavy atom. The van der Waals surface area contributed by atoms with E-state index in [1.165, 1.54) is 4.90 Å². The molecule has 2 amide bonds. The van der Waals surface area contributed by atoms with Gasteiger partial charge in [-0.1, -0.05) is 24.3 Å². The lowest BCUT2D eigenvalue weighted by Gasteiger charge is -2.26. The molecular weight excluding hydrogens is 424 g/mol. The van der Waals surface area contributed by atoms with E-state index in [0.29, 0.717) is 6.54 Å². The van der Waals surface area contributed by atoms with Crippen molar-refractivity contribution < 1.29 is 14.7 Å². The average Bonchev–Trinajstić information content (AvgIpc) is 3.37. The first kappa shape index (κ1) is 22.7. The standard InChI is InChI=1S/C21H26N4O3S.ClH/c1-12-19(29-11-24-12)15-4-2-13(3-5-15)9-23-20(27)17-8-16(26)10-25(17)21(28)18(22)14-6-7-14;/h2-5,11,14,16-18,26H,6-10,22H2,1H3,(H,23,27);1H. The van der Waals surface area contributed by atoms with Crippen LogP contribution in [-0.2, 0) is 16.1 Å². The minimum absolute atomic E-state index is 0. The number of likely N-dealkylation sites (tertiary alicyclic amines) is 1. The van der Waals surface area contributed by atoms with E-state index in [-0.39, 0.29) is 43.1 Å². The summed E-state index contributed by atoms with van der Waals surface area (Å²) < 4.78 is 0. The van der Waals surface area contributed by atoms with Gasteiger partial charge in [0.1, 0.15) is 6.04 Å². The summed E-state index contributed by atoms with van der Waals surface area (Å²) in [6, 6.07) is 6.76. The summed E-state index contributed by atoms with van der Waals surface area (Å²) in [6.07, 6.45) is 1.47. The third-order valence-electron chi connectivity index (χ3n) is 5.71. The topological polar surface area (TPSA) is 109 Å². The third kappa shape index (κ3) is 4.83. The maximum atomic E-state index is 12.7.